The fourth-order valence-electron chi connectivity index (χ4n) is 1.44. The number of nitrogens with zero attached hydrogens (tertiary/aromatic N) is 4. The summed E-state index contributed by atoms with van der Waals surface area (Å²) < 4.78 is 0. The molecule has 90 valence electrons. The third kappa shape index (κ3) is 2.83. The van der Waals surface area contributed by atoms with E-state index in [1.165, 1.54) is 6.20 Å². The van der Waals surface area contributed by atoms with Gasteiger partial charge in [-0.1, -0.05) is 11.6 Å². The van der Waals surface area contributed by atoms with Gasteiger partial charge in [0.2, 0.25) is 5.95 Å². The van der Waals surface area contributed by atoms with E-state index in [4.69, 9.17) is 17.3 Å². The van der Waals surface area contributed by atoms with Crippen LogP contribution >= 0.6 is 22.9 Å². The highest BCUT2D eigenvalue weighted by Gasteiger charge is 2.11. The average molecular weight is 270 g/mol. The van der Waals surface area contributed by atoms with E-state index >= 15 is 0 Å². The molecule has 2 rings (SSSR count). The van der Waals surface area contributed by atoms with Gasteiger partial charge in [-0.25, -0.2) is 9.97 Å². The van der Waals surface area contributed by atoms with Crippen LogP contribution < -0.4 is 10.6 Å². The topological polar surface area (TPSA) is 67.9 Å². The number of thiazole rings is 1. The van der Waals surface area contributed by atoms with Crippen molar-refractivity contribution in [3.05, 3.63) is 27.3 Å². The van der Waals surface area contributed by atoms with Gasteiger partial charge in [0.05, 0.1) is 23.4 Å². The molecule has 0 saturated carbocycles. The van der Waals surface area contributed by atoms with Gasteiger partial charge < -0.3 is 10.6 Å². The standard InChI is InChI=1S/C10H12ClN5S/c1-6-14-7(5-17-6)4-16(2)9-8(11)3-13-10(12)15-9/h3,5H,4H2,1-2H3,(H2,12,13,15). The van der Waals surface area contributed by atoms with Gasteiger partial charge in [0, 0.05) is 12.4 Å². The molecule has 0 unspecified atom stereocenters. The molecule has 0 saturated heterocycles. The van der Waals surface area contributed by atoms with E-state index < -0.39 is 0 Å². The van der Waals surface area contributed by atoms with Crippen molar-refractivity contribution < 1.29 is 0 Å². The Morgan fingerprint density at radius 3 is 2.88 bits per heavy atom. The number of hydrogen-bond acceptors (Lipinski definition) is 6. The van der Waals surface area contributed by atoms with Crippen molar-refractivity contribution in [2.75, 3.05) is 17.7 Å². The van der Waals surface area contributed by atoms with Crippen molar-refractivity contribution >= 4 is 34.7 Å². The van der Waals surface area contributed by atoms with Crippen LogP contribution in [0.5, 0.6) is 0 Å². The highest BCUT2D eigenvalue weighted by atomic mass is 35.5. The highest BCUT2D eigenvalue weighted by Crippen LogP contribution is 2.23. The van der Waals surface area contributed by atoms with Gasteiger partial charge in [0.1, 0.15) is 5.02 Å². The molecular weight excluding hydrogens is 258 g/mol. The molecule has 0 spiro atoms. The molecule has 7 heteroatoms. The minimum absolute atomic E-state index is 0.214. The number of nitrogen functional groups attached to an aromatic ring is 1. The van der Waals surface area contributed by atoms with Crippen LogP contribution in [0.4, 0.5) is 11.8 Å². The first kappa shape index (κ1) is 12.1. The Morgan fingerprint density at radius 1 is 1.47 bits per heavy atom. The first-order valence-corrected chi connectivity index (χ1v) is 6.22. The van der Waals surface area contributed by atoms with Crippen LogP contribution in [0, 0.1) is 6.92 Å². The molecule has 0 fully saturated rings. The molecule has 2 N–H and O–H groups in total. The molecule has 0 bridgehead atoms. The lowest BCUT2D eigenvalue weighted by Crippen LogP contribution is -2.19. The normalized spacial score (nSPS) is 10.5. The highest BCUT2D eigenvalue weighted by molar-refractivity contribution is 7.09. The minimum atomic E-state index is 0.214. The minimum Gasteiger partial charge on any atom is -0.368 e. The van der Waals surface area contributed by atoms with E-state index in [0.29, 0.717) is 17.4 Å². The van der Waals surface area contributed by atoms with E-state index in [1.54, 1.807) is 11.3 Å². The predicted molar refractivity (Wildman–Crippen MR) is 70.4 cm³/mol. The van der Waals surface area contributed by atoms with Crippen molar-refractivity contribution in [3.63, 3.8) is 0 Å². The number of hydrogen-bond donors (Lipinski definition) is 1. The molecule has 2 aromatic heterocycles. The van der Waals surface area contributed by atoms with Crippen LogP contribution in [-0.4, -0.2) is 22.0 Å². The van der Waals surface area contributed by atoms with Gasteiger partial charge in [-0.05, 0) is 6.92 Å². The summed E-state index contributed by atoms with van der Waals surface area (Å²) in [5.74, 6) is 0.829. The fourth-order valence-corrected chi connectivity index (χ4v) is 2.28. The maximum Gasteiger partial charge on any atom is 0.222 e. The predicted octanol–water partition coefficient (Wildman–Crippen LogP) is 2.11. The lowest BCUT2D eigenvalue weighted by Gasteiger charge is -2.17. The molecule has 0 radical (unpaired) electrons. The number of rotatable bonds is 3. The Kier molecular flexibility index (Phi) is 3.44. The molecule has 2 heterocycles. The molecule has 0 amide bonds. The summed E-state index contributed by atoms with van der Waals surface area (Å²) in [6.07, 6.45) is 1.50. The number of anilines is 2. The van der Waals surface area contributed by atoms with Gasteiger partial charge in [0.15, 0.2) is 5.82 Å². The number of nitrogens with two attached hydrogens (primary N) is 1. The van der Waals surface area contributed by atoms with Crippen molar-refractivity contribution in [2.24, 2.45) is 0 Å². The van der Waals surface area contributed by atoms with Crippen LogP contribution in [0.3, 0.4) is 0 Å². The number of halogens is 1. The molecule has 0 aromatic carbocycles. The fraction of sp³-hybridized carbons (Fsp3) is 0.300. The van der Waals surface area contributed by atoms with Crippen molar-refractivity contribution in [2.45, 2.75) is 13.5 Å². The zero-order valence-corrected chi connectivity index (χ0v) is 11.1. The van der Waals surface area contributed by atoms with Crippen molar-refractivity contribution in [1.29, 1.82) is 0 Å². The molecule has 5 nitrogen and oxygen atoms in total. The van der Waals surface area contributed by atoms with Crippen molar-refractivity contribution in [1.82, 2.24) is 15.0 Å². The van der Waals surface area contributed by atoms with Crippen LogP contribution in [0.2, 0.25) is 5.02 Å². The maximum absolute atomic E-state index is 6.02. The maximum atomic E-state index is 6.02. The van der Waals surface area contributed by atoms with Crippen LogP contribution in [0.15, 0.2) is 11.6 Å². The largest absolute Gasteiger partial charge is 0.368 e. The van der Waals surface area contributed by atoms with Crippen LogP contribution in [-0.2, 0) is 6.54 Å². The summed E-state index contributed by atoms with van der Waals surface area (Å²) >= 11 is 7.64. The molecule has 2 aromatic rings. The Balaban J connectivity index is 2.19. The Labute approximate surface area is 108 Å². The second-order valence-electron chi connectivity index (χ2n) is 3.61. The van der Waals surface area contributed by atoms with E-state index in [1.807, 2.05) is 24.3 Å². The van der Waals surface area contributed by atoms with Gasteiger partial charge in [-0.3, -0.25) is 0 Å². The smallest absolute Gasteiger partial charge is 0.222 e. The van der Waals surface area contributed by atoms with Crippen LogP contribution in [0.25, 0.3) is 0 Å². The van der Waals surface area contributed by atoms with Crippen LogP contribution in [0.1, 0.15) is 10.7 Å². The lowest BCUT2D eigenvalue weighted by molar-refractivity contribution is 0.867. The first-order valence-electron chi connectivity index (χ1n) is 4.96. The summed E-state index contributed by atoms with van der Waals surface area (Å²) in [5, 5.41) is 3.54. The third-order valence-electron chi connectivity index (χ3n) is 2.17. The molecular formula is C10H12ClN5S. The Morgan fingerprint density at radius 2 is 2.24 bits per heavy atom. The lowest BCUT2D eigenvalue weighted by atomic mass is 10.4. The monoisotopic (exact) mass is 269 g/mol. The van der Waals surface area contributed by atoms with Gasteiger partial charge in [-0.2, -0.15) is 4.98 Å². The van der Waals surface area contributed by atoms with E-state index in [-0.39, 0.29) is 5.95 Å². The van der Waals surface area contributed by atoms with E-state index in [0.717, 1.165) is 10.7 Å². The quantitative estimate of drug-likeness (QED) is 0.924. The molecule has 0 aliphatic heterocycles. The van der Waals surface area contributed by atoms with Crippen molar-refractivity contribution in [3.8, 4) is 0 Å². The third-order valence-corrected chi connectivity index (χ3v) is 3.26. The number of aryl methyl sites for hydroxylation is 1. The molecule has 0 atom stereocenters. The van der Waals surface area contributed by atoms with Gasteiger partial charge in [0.25, 0.3) is 0 Å². The first-order chi connectivity index (χ1) is 8.06. The summed E-state index contributed by atoms with van der Waals surface area (Å²) in [4.78, 5) is 14.2. The zero-order chi connectivity index (χ0) is 12.4. The summed E-state index contributed by atoms with van der Waals surface area (Å²) in [6.45, 7) is 2.62. The summed E-state index contributed by atoms with van der Waals surface area (Å²) in [6, 6.07) is 0. The average Bonchev–Trinajstić information content (AvgIpc) is 2.67. The molecule has 0 aliphatic rings. The summed E-state index contributed by atoms with van der Waals surface area (Å²) in [5.41, 5.74) is 6.53. The van der Waals surface area contributed by atoms with E-state index in [9.17, 15) is 0 Å². The summed E-state index contributed by atoms with van der Waals surface area (Å²) in [7, 11) is 1.89. The SMILES string of the molecule is Cc1nc(CN(C)c2nc(N)ncc2Cl)cs1. The second-order valence-corrected chi connectivity index (χ2v) is 5.08. The Bertz CT molecular complexity index is 527. The number of aromatic nitrogens is 3. The second kappa shape index (κ2) is 4.85. The van der Waals surface area contributed by atoms with E-state index in [2.05, 4.69) is 15.0 Å². The Hall–Kier alpha value is -1.40. The zero-order valence-electron chi connectivity index (χ0n) is 9.51. The molecule has 0 aliphatic carbocycles. The molecule has 17 heavy (non-hydrogen) atoms. The van der Waals surface area contributed by atoms with Gasteiger partial charge in [-0.15, -0.1) is 11.3 Å². The van der Waals surface area contributed by atoms with Gasteiger partial charge >= 0.3 is 0 Å².